The van der Waals surface area contributed by atoms with Crippen LogP contribution < -0.4 is 26.4 Å². The summed E-state index contributed by atoms with van der Waals surface area (Å²) in [4.78, 5) is 37.3. The topological polar surface area (TPSA) is 183 Å². The van der Waals surface area contributed by atoms with Crippen LogP contribution in [-0.4, -0.2) is 70.2 Å². The van der Waals surface area contributed by atoms with Crippen LogP contribution in [0.5, 0.6) is 5.75 Å². The summed E-state index contributed by atoms with van der Waals surface area (Å²) < 4.78 is 18.4. The highest BCUT2D eigenvalue weighted by Gasteiger charge is 2.49. The highest BCUT2D eigenvalue weighted by Crippen LogP contribution is 2.30. The Hall–Kier alpha value is -3.74. The first-order chi connectivity index (χ1) is 17.0. The van der Waals surface area contributed by atoms with Crippen LogP contribution in [0.15, 0.2) is 48.5 Å². The maximum absolute atomic E-state index is 13.4. The first kappa shape index (κ1) is 26.9. The lowest BCUT2D eigenvalue weighted by Gasteiger charge is -2.41. The van der Waals surface area contributed by atoms with Crippen LogP contribution in [0.25, 0.3) is 0 Å². The summed E-state index contributed by atoms with van der Waals surface area (Å²) in [6.45, 7) is 0. The summed E-state index contributed by atoms with van der Waals surface area (Å²) in [5, 5.41) is 38.8. The molecule has 1 fully saturated rings. The summed E-state index contributed by atoms with van der Waals surface area (Å²) in [5.41, 5.74) is 4.01. The number of methoxy groups -OCH3 is 1. The third-order valence-corrected chi connectivity index (χ3v) is 5.98. The number of hydrogen-bond acceptors (Lipinski definition) is 7. The molecule has 5 unspecified atom stereocenters. The highest BCUT2D eigenvalue weighted by atomic mass is 19.1. The average molecular weight is 505 g/mol. The van der Waals surface area contributed by atoms with Gasteiger partial charge >= 0.3 is 6.03 Å². The molecule has 0 spiro atoms. The summed E-state index contributed by atoms with van der Waals surface area (Å²) in [6, 6.07) is 8.53. The number of carbonyl (C=O) groups excluding carboxylic acids is 3. The predicted octanol–water partition coefficient (Wildman–Crippen LogP) is -0.216. The highest BCUT2D eigenvalue weighted by molar-refractivity contribution is 5.92. The summed E-state index contributed by atoms with van der Waals surface area (Å²) in [6.07, 6.45) is -4.05. The summed E-state index contributed by atoms with van der Waals surface area (Å²) in [7, 11) is 1.50. The second-order valence-corrected chi connectivity index (χ2v) is 8.69. The fourth-order valence-electron chi connectivity index (χ4n) is 4.04. The SMILES string of the molecule is COc1ccc(CC(NC(=O)C2(O)CC(O)C(O)C(NC(=O)Nc3cccc(F)c3)C2)C(N)=O)cc1. The first-order valence-corrected chi connectivity index (χ1v) is 11.2. The van der Waals surface area contributed by atoms with Crippen molar-refractivity contribution in [1.29, 1.82) is 0 Å². The van der Waals surface area contributed by atoms with E-state index < -0.39 is 66.4 Å². The van der Waals surface area contributed by atoms with Crippen molar-refractivity contribution in [2.75, 3.05) is 12.4 Å². The Balaban J connectivity index is 1.68. The summed E-state index contributed by atoms with van der Waals surface area (Å²) in [5.74, 6) is -1.82. The molecule has 1 aliphatic carbocycles. The van der Waals surface area contributed by atoms with Crippen molar-refractivity contribution >= 4 is 23.5 Å². The number of rotatable bonds is 8. The third-order valence-electron chi connectivity index (χ3n) is 5.98. The molecular formula is C24H29FN4O7. The molecule has 2 aromatic rings. The van der Waals surface area contributed by atoms with E-state index in [-0.39, 0.29) is 12.1 Å². The number of benzene rings is 2. The van der Waals surface area contributed by atoms with E-state index in [0.717, 1.165) is 6.07 Å². The van der Waals surface area contributed by atoms with E-state index in [1.54, 1.807) is 24.3 Å². The molecule has 0 saturated heterocycles. The van der Waals surface area contributed by atoms with Crippen LogP contribution in [0.2, 0.25) is 0 Å². The molecule has 0 radical (unpaired) electrons. The molecule has 1 saturated carbocycles. The third kappa shape index (κ3) is 6.68. The lowest BCUT2D eigenvalue weighted by Crippen LogP contribution is -2.64. The maximum Gasteiger partial charge on any atom is 0.319 e. The van der Waals surface area contributed by atoms with Crippen molar-refractivity contribution in [3.8, 4) is 5.75 Å². The Kier molecular flexibility index (Phi) is 8.45. The van der Waals surface area contributed by atoms with E-state index in [0.29, 0.717) is 11.3 Å². The van der Waals surface area contributed by atoms with Gasteiger partial charge in [0.05, 0.1) is 19.3 Å². The Morgan fingerprint density at radius 1 is 1.17 bits per heavy atom. The van der Waals surface area contributed by atoms with Crippen molar-refractivity contribution in [2.24, 2.45) is 5.73 Å². The number of aliphatic hydroxyl groups excluding tert-OH is 2. The molecule has 4 amide bonds. The minimum Gasteiger partial charge on any atom is -0.497 e. The van der Waals surface area contributed by atoms with Gasteiger partial charge in [0.15, 0.2) is 0 Å². The van der Waals surface area contributed by atoms with Crippen LogP contribution in [0.4, 0.5) is 14.9 Å². The molecule has 12 heteroatoms. The molecule has 0 heterocycles. The molecule has 0 bridgehead atoms. The molecule has 36 heavy (non-hydrogen) atoms. The van der Waals surface area contributed by atoms with Crippen molar-refractivity contribution in [3.63, 3.8) is 0 Å². The molecule has 11 nitrogen and oxygen atoms in total. The number of urea groups is 1. The maximum atomic E-state index is 13.4. The average Bonchev–Trinajstić information content (AvgIpc) is 2.82. The van der Waals surface area contributed by atoms with E-state index in [1.165, 1.54) is 25.3 Å². The van der Waals surface area contributed by atoms with E-state index in [1.807, 2.05) is 0 Å². The van der Waals surface area contributed by atoms with Gasteiger partial charge in [0.2, 0.25) is 5.91 Å². The number of carbonyl (C=O) groups is 3. The zero-order valence-corrected chi connectivity index (χ0v) is 19.5. The molecule has 0 aliphatic heterocycles. The quantitative estimate of drug-likeness (QED) is 0.259. The van der Waals surface area contributed by atoms with Gasteiger partial charge in [-0.25, -0.2) is 9.18 Å². The van der Waals surface area contributed by atoms with Gasteiger partial charge in [0.1, 0.15) is 29.3 Å². The lowest BCUT2D eigenvalue weighted by molar-refractivity contribution is -0.158. The molecule has 3 rings (SSSR count). The van der Waals surface area contributed by atoms with Gasteiger partial charge in [0, 0.05) is 24.9 Å². The number of aliphatic hydroxyl groups is 3. The van der Waals surface area contributed by atoms with E-state index in [4.69, 9.17) is 10.5 Å². The van der Waals surface area contributed by atoms with E-state index in [2.05, 4.69) is 16.0 Å². The van der Waals surface area contributed by atoms with Crippen molar-refractivity contribution < 1.29 is 38.8 Å². The molecule has 8 N–H and O–H groups in total. The smallest absolute Gasteiger partial charge is 0.319 e. The molecule has 0 aromatic heterocycles. The summed E-state index contributed by atoms with van der Waals surface area (Å²) >= 11 is 0. The minimum absolute atomic E-state index is 0.0318. The van der Waals surface area contributed by atoms with Crippen molar-refractivity contribution in [3.05, 3.63) is 59.9 Å². The van der Waals surface area contributed by atoms with Crippen LogP contribution in [0, 0.1) is 5.82 Å². The molecule has 1 aliphatic rings. The van der Waals surface area contributed by atoms with Gasteiger partial charge in [0.25, 0.3) is 5.91 Å². The molecule has 194 valence electrons. The Bertz CT molecular complexity index is 1100. The van der Waals surface area contributed by atoms with Crippen molar-refractivity contribution in [1.82, 2.24) is 10.6 Å². The molecule has 2 aromatic carbocycles. The number of anilines is 1. The largest absolute Gasteiger partial charge is 0.497 e. The number of nitrogens with two attached hydrogens (primary N) is 1. The van der Waals surface area contributed by atoms with E-state index in [9.17, 15) is 34.1 Å². The number of nitrogens with one attached hydrogen (secondary N) is 3. The second-order valence-electron chi connectivity index (χ2n) is 8.69. The van der Waals surface area contributed by atoms with E-state index >= 15 is 0 Å². The van der Waals surface area contributed by atoms with Crippen LogP contribution in [-0.2, 0) is 16.0 Å². The number of halogens is 1. The lowest BCUT2D eigenvalue weighted by atomic mass is 9.77. The standard InChI is InChI=1S/C24H29FN4O7/c1-36-16-7-5-13(6-8-16)9-17(21(26)32)28-22(33)24(35)11-18(20(31)19(30)12-24)29-23(34)27-15-4-2-3-14(25)10-15/h2-8,10,17-20,30-31,35H,9,11-12H2,1H3,(H2,26,32)(H,28,33)(H2,27,29,34). The number of amides is 4. The van der Waals surface area contributed by atoms with Gasteiger partial charge in [-0.1, -0.05) is 18.2 Å². The predicted molar refractivity (Wildman–Crippen MR) is 126 cm³/mol. The number of primary amides is 1. The van der Waals surface area contributed by atoms with Gasteiger partial charge in [-0.3, -0.25) is 9.59 Å². The van der Waals surface area contributed by atoms with Crippen LogP contribution in [0.1, 0.15) is 18.4 Å². The first-order valence-electron chi connectivity index (χ1n) is 11.2. The molecule has 5 atom stereocenters. The van der Waals surface area contributed by atoms with Crippen molar-refractivity contribution in [2.45, 2.75) is 49.2 Å². The van der Waals surface area contributed by atoms with Gasteiger partial charge in [-0.2, -0.15) is 0 Å². The Morgan fingerprint density at radius 3 is 2.47 bits per heavy atom. The van der Waals surface area contributed by atoms with Crippen LogP contribution in [0.3, 0.4) is 0 Å². The van der Waals surface area contributed by atoms with Crippen LogP contribution >= 0.6 is 0 Å². The van der Waals surface area contributed by atoms with Gasteiger partial charge in [-0.15, -0.1) is 0 Å². The number of hydrogen-bond donors (Lipinski definition) is 7. The zero-order valence-electron chi connectivity index (χ0n) is 19.5. The fourth-order valence-corrected chi connectivity index (χ4v) is 4.04. The Morgan fingerprint density at radius 2 is 1.86 bits per heavy atom. The second kappa shape index (κ2) is 11.3. The monoisotopic (exact) mass is 504 g/mol. The molecular weight excluding hydrogens is 475 g/mol. The normalized spacial score (nSPS) is 24.3. The van der Waals surface area contributed by atoms with Gasteiger partial charge in [-0.05, 0) is 35.9 Å². The zero-order chi connectivity index (χ0) is 26.5. The fraction of sp³-hybridized carbons (Fsp3) is 0.375. The minimum atomic E-state index is -2.23. The number of ether oxygens (including phenoxy) is 1. The van der Waals surface area contributed by atoms with Gasteiger partial charge < -0.3 is 41.7 Å². The Labute approximate surface area is 206 Å².